The maximum absolute atomic E-state index is 6.19. The average Bonchev–Trinajstić information content (AvgIpc) is 2.98. The molecule has 1 aromatic rings. The monoisotopic (exact) mass is 312 g/mol. The summed E-state index contributed by atoms with van der Waals surface area (Å²) in [5, 5.41) is 3.87. The van der Waals surface area contributed by atoms with Gasteiger partial charge in [-0.15, -0.1) is 0 Å². The van der Waals surface area contributed by atoms with Gasteiger partial charge >= 0.3 is 0 Å². The first-order valence-corrected chi connectivity index (χ1v) is 9.48. The van der Waals surface area contributed by atoms with Crippen molar-refractivity contribution in [1.29, 1.82) is 0 Å². The molecule has 3 N–H and O–H groups in total. The Bertz CT molecular complexity index is 570. The van der Waals surface area contributed by atoms with Gasteiger partial charge < -0.3 is 16.0 Å². The van der Waals surface area contributed by atoms with E-state index in [0.29, 0.717) is 5.54 Å². The van der Waals surface area contributed by atoms with Gasteiger partial charge in [0.2, 0.25) is 0 Å². The van der Waals surface area contributed by atoms with Crippen molar-refractivity contribution in [1.82, 2.24) is 4.98 Å². The third-order valence-corrected chi connectivity index (χ3v) is 6.70. The summed E-state index contributed by atoms with van der Waals surface area (Å²) >= 11 is 0. The summed E-state index contributed by atoms with van der Waals surface area (Å²) in [6.45, 7) is 2.24. The molecular formula is C19H28N4. The maximum Gasteiger partial charge on any atom is 0.133 e. The van der Waals surface area contributed by atoms with Crippen LogP contribution in [0.4, 0.5) is 17.3 Å². The van der Waals surface area contributed by atoms with Crippen molar-refractivity contribution in [3.05, 3.63) is 12.1 Å². The number of rotatable bonds is 3. The highest BCUT2D eigenvalue weighted by Crippen LogP contribution is 2.56. The lowest BCUT2D eigenvalue weighted by molar-refractivity contribution is 0.0105. The van der Waals surface area contributed by atoms with E-state index in [2.05, 4.69) is 10.2 Å². The Labute approximate surface area is 138 Å². The van der Waals surface area contributed by atoms with Gasteiger partial charge in [0.15, 0.2) is 0 Å². The number of aromatic nitrogens is 1. The number of hydrogen-bond acceptors (Lipinski definition) is 4. The molecule has 4 nitrogen and oxygen atoms in total. The van der Waals surface area contributed by atoms with E-state index in [1.807, 2.05) is 12.1 Å². The van der Waals surface area contributed by atoms with Gasteiger partial charge in [-0.25, -0.2) is 4.98 Å². The molecule has 6 rings (SSSR count). The number of nitrogens with zero attached hydrogens (tertiary/aromatic N) is 2. The first kappa shape index (κ1) is 13.9. The van der Waals surface area contributed by atoms with Crippen LogP contribution in [0.1, 0.15) is 51.4 Å². The molecule has 4 bridgehead atoms. The van der Waals surface area contributed by atoms with Gasteiger partial charge in [0, 0.05) is 36.4 Å². The standard InChI is InChI=1S/C19H28N4/c20-16-8-17(21-18(9-16)23-3-1-2-4-23)22-19-10-13-5-14(11-19)7-15(6-13)12-19/h8-9,13-15H,1-7,10-12H2,(H3,20,21,22). The maximum atomic E-state index is 6.19. The first-order valence-electron chi connectivity index (χ1n) is 9.48. The largest absolute Gasteiger partial charge is 0.399 e. The lowest BCUT2D eigenvalue weighted by Gasteiger charge is -2.57. The number of pyridine rings is 1. The van der Waals surface area contributed by atoms with Gasteiger partial charge in [-0.2, -0.15) is 0 Å². The van der Waals surface area contributed by atoms with Crippen LogP contribution in [0, 0.1) is 17.8 Å². The van der Waals surface area contributed by atoms with Crippen LogP contribution in [0.25, 0.3) is 0 Å². The average molecular weight is 312 g/mol. The van der Waals surface area contributed by atoms with Crippen LogP contribution in [0.3, 0.4) is 0 Å². The number of hydrogen-bond donors (Lipinski definition) is 2. The molecule has 0 atom stereocenters. The topological polar surface area (TPSA) is 54.2 Å². The van der Waals surface area contributed by atoms with E-state index in [9.17, 15) is 0 Å². The zero-order valence-electron chi connectivity index (χ0n) is 13.9. The molecule has 5 fully saturated rings. The minimum absolute atomic E-state index is 0.303. The normalized spacial score (nSPS) is 38.3. The molecular weight excluding hydrogens is 284 g/mol. The fourth-order valence-corrected chi connectivity index (χ4v) is 6.24. The van der Waals surface area contributed by atoms with Gasteiger partial charge in [-0.1, -0.05) is 0 Å². The van der Waals surface area contributed by atoms with Gasteiger partial charge in [-0.3, -0.25) is 0 Å². The van der Waals surface area contributed by atoms with Gasteiger partial charge in [0.25, 0.3) is 0 Å². The van der Waals surface area contributed by atoms with E-state index < -0.39 is 0 Å². The minimum Gasteiger partial charge on any atom is -0.399 e. The molecule has 124 valence electrons. The van der Waals surface area contributed by atoms with E-state index in [1.54, 1.807) is 0 Å². The van der Waals surface area contributed by atoms with Crippen molar-refractivity contribution in [2.75, 3.05) is 29.0 Å². The zero-order chi connectivity index (χ0) is 15.4. The van der Waals surface area contributed by atoms with Crippen LogP contribution in [0.15, 0.2) is 12.1 Å². The number of nitrogens with two attached hydrogens (primary N) is 1. The van der Waals surface area contributed by atoms with E-state index in [4.69, 9.17) is 10.7 Å². The highest BCUT2D eigenvalue weighted by Gasteiger charge is 2.51. The predicted molar refractivity (Wildman–Crippen MR) is 94.6 cm³/mol. The van der Waals surface area contributed by atoms with Gasteiger partial charge in [0.05, 0.1) is 0 Å². The Morgan fingerprint density at radius 3 is 2.22 bits per heavy atom. The Morgan fingerprint density at radius 2 is 1.61 bits per heavy atom. The molecule has 23 heavy (non-hydrogen) atoms. The van der Waals surface area contributed by atoms with E-state index in [0.717, 1.165) is 48.2 Å². The van der Waals surface area contributed by atoms with Crippen LogP contribution < -0.4 is 16.0 Å². The summed E-state index contributed by atoms with van der Waals surface area (Å²) < 4.78 is 0. The van der Waals surface area contributed by atoms with Crippen molar-refractivity contribution in [2.24, 2.45) is 17.8 Å². The molecule has 0 unspecified atom stereocenters. The Morgan fingerprint density at radius 1 is 1.00 bits per heavy atom. The zero-order valence-corrected chi connectivity index (χ0v) is 13.9. The molecule has 5 aliphatic rings. The van der Waals surface area contributed by atoms with Crippen molar-refractivity contribution in [3.63, 3.8) is 0 Å². The smallest absolute Gasteiger partial charge is 0.133 e. The van der Waals surface area contributed by atoms with Crippen molar-refractivity contribution < 1.29 is 0 Å². The van der Waals surface area contributed by atoms with E-state index in [1.165, 1.54) is 51.4 Å². The number of nitrogens with one attached hydrogen (secondary N) is 1. The summed E-state index contributed by atoms with van der Waals surface area (Å²) in [7, 11) is 0. The number of anilines is 3. The second kappa shape index (κ2) is 5.02. The van der Waals surface area contributed by atoms with E-state index >= 15 is 0 Å². The highest BCUT2D eigenvalue weighted by molar-refractivity contribution is 5.60. The van der Waals surface area contributed by atoms with Crippen molar-refractivity contribution in [2.45, 2.75) is 56.9 Å². The van der Waals surface area contributed by atoms with Crippen LogP contribution in [0.5, 0.6) is 0 Å². The second-order valence-electron chi connectivity index (χ2n) is 8.66. The molecule has 0 spiro atoms. The molecule has 0 radical (unpaired) electrons. The molecule has 2 heterocycles. The quantitative estimate of drug-likeness (QED) is 0.894. The molecule has 1 saturated heterocycles. The van der Waals surface area contributed by atoms with Crippen LogP contribution in [0.2, 0.25) is 0 Å². The lowest BCUT2D eigenvalue weighted by Crippen LogP contribution is -2.54. The summed E-state index contributed by atoms with van der Waals surface area (Å²) in [6.07, 6.45) is 11.0. The highest BCUT2D eigenvalue weighted by atomic mass is 15.2. The molecule has 0 amide bonds. The fourth-order valence-electron chi connectivity index (χ4n) is 6.24. The lowest BCUT2D eigenvalue weighted by atomic mass is 9.53. The molecule has 4 saturated carbocycles. The molecule has 1 aliphatic heterocycles. The summed E-state index contributed by atoms with van der Waals surface area (Å²) in [5.74, 6) is 4.93. The van der Waals surface area contributed by atoms with Crippen LogP contribution in [-0.2, 0) is 0 Å². The molecule has 4 heteroatoms. The molecule has 1 aromatic heterocycles. The predicted octanol–water partition coefficient (Wildman–Crippen LogP) is 3.64. The Balaban J connectivity index is 1.41. The first-order chi connectivity index (χ1) is 11.2. The molecule has 0 aromatic carbocycles. The second-order valence-corrected chi connectivity index (χ2v) is 8.66. The summed E-state index contributed by atoms with van der Waals surface area (Å²) in [5.41, 5.74) is 7.33. The van der Waals surface area contributed by atoms with E-state index in [-0.39, 0.29) is 0 Å². The van der Waals surface area contributed by atoms with Crippen LogP contribution >= 0.6 is 0 Å². The summed E-state index contributed by atoms with van der Waals surface area (Å²) in [6, 6.07) is 4.08. The van der Waals surface area contributed by atoms with Crippen molar-refractivity contribution in [3.8, 4) is 0 Å². The summed E-state index contributed by atoms with van der Waals surface area (Å²) in [4.78, 5) is 7.30. The number of nitrogen functional groups attached to an aromatic ring is 1. The van der Waals surface area contributed by atoms with Crippen LogP contribution in [-0.4, -0.2) is 23.6 Å². The minimum atomic E-state index is 0.303. The SMILES string of the molecule is Nc1cc(NC23CC4CC(CC(C4)C2)C3)nc(N2CCCC2)c1. The third-order valence-electron chi connectivity index (χ3n) is 6.70. The van der Waals surface area contributed by atoms with Gasteiger partial charge in [0.1, 0.15) is 11.6 Å². The van der Waals surface area contributed by atoms with Crippen molar-refractivity contribution >= 4 is 17.3 Å². The third kappa shape index (κ3) is 2.47. The molecule has 4 aliphatic carbocycles. The van der Waals surface area contributed by atoms with Gasteiger partial charge in [-0.05, 0) is 69.1 Å². The Kier molecular flexibility index (Phi) is 3.04. The Hall–Kier alpha value is -1.45. The fraction of sp³-hybridized carbons (Fsp3) is 0.737.